The van der Waals surface area contributed by atoms with Crippen LogP contribution in [-0.4, -0.2) is 27.1 Å². The Morgan fingerprint density at radius 3 is 0.941 bits per heavy atom. The molecule has 0 atom stereocenters. The molecule has 3 aromatic carbocycles. The monoisotopic (exact) mass is 464 g/mol. The van der Waals surface area contributed by atoms with Crippen LogP contribution in [0.1, 0.15) is 37.5 Å². The molecule has 7 heteroatoms. The third-order valence-corrected chi connectivity index (χ3v) is 4.89. The summed E-state index contributed by atoms with van der Waals surface area (Å²) in [6.45, 7) is 9.65. The van der Waals surface area contributed by atoms with Crippen LogP contribution in [0, 0.1) is 0 Å². The van der Waals surface area contributed by atoms with Gasteiger partial charge in [0, 0.05) is 19.8 Å². The predicted octanol–water partition coefficient (Wildman–Crippen LogP) is 5.82. The standard InChI is InChI=1S/C27H33BO6/c1-4-29-19-22-7-13-25(14-8-22)32-28(33-26-15-9-23(10-16-26)20-30-5-2)34-27-17-11-24(12-18-27)21-31-6-3/h7-18H,4-6,19-21H2,1-3H3. The van der Waals surface area contributed by atoms with Crippen molar-refractivity contribution in [1.82, 2.24) is 0 Å². The Morgan fingerprint density at radius 1 is 0.441 bits per heavy atom. The van der Waals surface area contributed by atoms with Crippen LogP contribution in [0.25, 0.3) is 0 Å². The van der Waals surface area contributed by atoms with Crippen molar-refractivity contribution in [2.75, 3.05) is 19.8 Å². The van der Waals surface area contributed by atoms with Gasteiger partial charge in [-0.25, -0.2) is 0 Å². The van der Waals surface area contributed by atoms with Crippen LogP contribution in [0.2, 0.25) is 0 Å². The van der Waals surface area contributed by atoms with Crippen molar-refractivity contribution in [2.45, 2.75) is 40.6 Å². The first kappa shape index (κ1) is 25.6. The first-order valence-electron chi connectivity index (χ1n) is 11.7. The molecule has 0 unspecified atom stereocenters. The van der Waals surface area contributed by atoms with E-state index >= 15 is 0 Å². The zero-order chi connectivity index (χ0) is 24.0. The van der Waals surface area contributed by atoms with E-state index in [-0.39, 0.29) is 0 Å². The summed E-state index contributed by atoms with van der Waals surface area (Å²) in [6.07, 6.45) is 0. The van der Waals surface area contributed by atoms with E-state index in [9.17, 15) is 0 Å². The molecule has 0 aliphatic heterocycles. The van der Waals surface area contributed by atoms with Crippen molar-refractivity contribution in [3.63, 3.8) is 0 Å². The third kappa shape index (κ3) is 8.74. The molecule has 0 N–H and O–H groups in total. The average molecular weight is 464 g/mol. The van der Waals surface area contributed by atoms with E-state index in [0.29, 0.717) is 56.9 Å². The maximum Gasteiger partial charge on any atom is 0.864 e. The molecule has 3 rings (SSSR count). The highest BCUT2D eigenvalue weighted by Gasteiger charge is 2.30. The molecule has 0 heterocycles. The van der Waals surface area contributed by atoms with Crippen LogP contribution in [0.5, 0.6) is 17.2 Å². The van der Waals surface area contributed by atoms with Gasteiger partial charge in [0.25, 0.3) is 0 Å². The fourth-order valence-electron chi connectivity index (χ4n) is 3.06. The molecule has 0 aliphatic carbocycles. The molecule has 0 radical (unpaired) electrons. The highest BCUT2D eigenvalue weighted by Crippen LogP contribution is 2.20. The summed E-state index contributed by atoms with van der Waals surface area (Å²) in [5, 5.41) is 0. The van der Waals surface area contributed by atoms with Crippen molar-refractivity contribution in [3.8, 4) is 17.2 Å². The summed E-state index contributed by atoms with van der Waals surface area (Å²) in [7, 11) is -0.978. The Hall–Kier alpha value is -3.00. The Labute approximate surface area is 202 Å². The Balaban J connectivity index is 1.69. The van der Waals surface area contributed by atoms with Crippen molar-refractivity contribution in [2.24, 2.45) is 0 Å². The van der Waals surface area contributed by atoms with Crippen LogP contribution in [0.3, 0.4) is 0 Å². The molecule has 0 aliphatic rings. The van der Waals surface area contributed by atoms with Crippen LogP contribution in [-0.2, 0) is 34.0 Å². The lowest BCUT2D eigenvalue weighted by molar-refractivity contribution is 0.134. The van der Waals surface area contributed by atoms with Gasteiger partial charge in [-0.3, -0.25) is 0 Å². The van der Waals surface area contributed by atoms with E-state index in [4.69, 9.17) is 28.2 Å². The normalized spacial score (nSPS) is 10.7. The summed E-state index contributed by atoms with van der Waals surface area (Å²) >= 11 is 0. The second kappa shape index (κ2) is 14.3. The summed E-state index contributed by atoms with van der Waals surface area (Å²) in [4.78, 5) is 0. The molecule has 0 aromatic heterocycles. The molecule has 180 valence electrons. The summed E-state index contributed by atoms with van der Waals surface area (Å²) < 4.78 is 34.5. The van der Waals surface area contributed by atoms with Gasteiger partial charge >= 0.3 is 7.32 Å². The minimum absolute atomic E-state index is 0.565. The zero-order valence-corrected chi connectivity index (χ0v) is 20.2. The van der Waals surface area contributed by atoms with Gasteiger partial charge in [-0.2, -0.15) is 0 Å². The van der Waals surface area contributed by atoms with Gasteiger partial charge < -0.3 is 28.2 Å². The molecule has 0 amide bonds. The van der Waals surface area contributed by atoms with E-state index in [1.807, 2.05) is 93.6 Å². The lowest BCUT2D eigenvalue weighted by Gasteiger charge is -2.17. The predicted molar refractivity (Wildman–Crippen MR) is 133 cm³/mol. The lowest BCUT2D eigenvalue weighted by Crippen LogP contribution is -2.37. The van der Waals surface area contributed by atoms with Crippen LogP contribution in [0.4, 0.5) is 0 Å². The van der Waals surface area contributed by atoms with Crippen molar-refractivity contribution in [1.29, 1.82) is 0 Å². The molecule has 0 bridgehead atoms. The van der Waals surface area contributed by atoms with E-state index < -0.39 is 7.32 Å². The Bertz CT molecular complexity index is 817. The largest absolute Gasteiger partial charge is 0.864 e. The quantitative estimate of drug-likeness (QED) is 0.264. The average Bonchev–Trinajstić information content (AvgIpc) is 2.87. The molecule has 0 saturated heterocycles. The summed E-state index contributed by atoms with van der Waals surface area (Å²) in [5.41, 5.74) is 3.21. The first-order chi connectivity index (χ1) is 16.7. The maximum atomic E-state index is 6.04. The van der Waals surface area contributed by atoms with E-state index in [0.717, 1.165) is 16.7 Å². The third-order valence-electron chi connectivity index (χ3n) is 4.89. The van der Waals surface area contributed by atoms with Gasteiger partial charge in [-0.15, -0.1) is 0 Å². The highest BCUT2D eigenvalue weighted by molar-refractivity contribution is 6.39. The summed E-state index contributed by atoms with van der Waals surface area (Å²) in [6, 6.07) is 23.1. The van der Waals surface area contributed by atoms with Crippen LogP contribution >= 0.6 is 0 Å². The lowest BCUT2D eigenvalue weighted by atomic mass is 10.1. The number of rotatable bonds is 15. The Morgan fingerprint density at radius 2 is 0.706 bits per heavy atom. The maximum absolute atomic E-state index is 6.04. The molecule has 6 nitrogen and oxygen atoms in total. The molecule has 0 saturated carbocycles. The first-order valence-corrected chi connectivity index (χ1v) is 11.7. The number of ether oxygens (including phenoxy) is 3. The fraction of sp³-hybridized carbons (Fsp3) is 0.333. The molecule has 34 heavy (non-hydrogen) atoms. The number of benzene rings is 3. The zero-order valence-electron chi connectivity index (χ0n) is 20.2. The fourth-order valence-corrected chi connectivity index (χ4v) is 3.06. The smallest absolute Gasteiger partial charge is 0.490 e. The van der Waals surface area contributed by atoms with Crippen molar-refractivity contribution >= 4 is 7.32 Å². The van der Waals surface area contributed by atoms with Crippen molar-refractivity contribution in [3.05, 3.63) is 89.5 Å². The SMILES string of the molecule is CCOCc1ccc(OB(Oc2ccc(COCC)cc2)Oc2ccc(COCC)cc2)cc1. The minimum Gasteiger partial charge on any atom is -0.490 e. The molecular formula is C27H33BO6. The second-order valence-electron chi connectivity index (χ2n) is 7.49. The van der Waals surface area contributed by atoms with Gasteiger partial charge in [0.1, 0.15) is 17.2 Å². The molecule has 3 aromatic rings. The van der Waals surface area contributed by atoms with Crippen molar-refractivity contribution < 1.29 is 28.2 Å². The summed E-state index contributed by atoms with van der Waals surface area (Å²) in [5.74, 6) is 1.89. The van der Waals surface area contributed by atoms with E-state index in [1.165, 1.54) is 0 Å². The molecular weight excluding hydrogens is 431 g/mol. The van der Waals surface area contributed by atoms with Gasteiger partial charge in [-0.1, -0.05) is 36.4 Å². The second-order valence-corrected chi connectivity index (χ2v) is 7.49. The van der Waals surface area contributed by atoms with E-state index in [2.05, 4.69) is 0 Å². The van der Waals surface area contributed by atoms with E-state index in [1.54, 1.807) is 0 Å². The van der Waals surface area contributed by atoms with Crippen LogP contribution < -0.4 is 14.0 Å². The topological polar surface area (TPSA) is 55.4 Å². The Kier molecular flexibility index (Phi) is 10.8. The number of hydrogen-bond acceptors (Lipinski definition) is 6. The number of hydrogen-bond donors (Lipinski definition) is 0. The molecule has 0 spiro atoms. The highest BCUT2D eigenvalue weighted by atomic mass is 16.7. The van der Waals surface area contributed by atoms with Gasteiger partial charge in [0.05, 0.1) is 19.8 Å². The van der Waals surface area contributed by atoms with Gasteiger partial charge in [0.2, 0.25) is 0 Å². The van der Waals surface area contributed by atoms with Crippen LogP contribution in [0.15, 0.2) is 72.8 Å². The van der Waals surface area contributed by atoms with Gasteiger partial charge in [0.15, 0.2) is 0 Å². The minimum atomic E-state index is -0.978. The molecule has 0 fully saturated rings. The van der Waals surface area contributed by atoms with Gasteiger partial charge in [-0.05, 0) is 73.9 Å².